The molecule has 0 aliphatic heterocycles. The molecule has 3 aromatic carbocycles. The molecule has 0 saturated carbocycles. The molecule has 1 heterocycles. The molecular weight excluding hydrogens is 513 g/mol. The van der Waals surface area contributed by atoms with Crippen molar-refractivity contribution in [1.82, 2.24) is 15.0 Å². The predicted octanol–water partition coefficient (Wildman–Crippen LogP) is 6.49. The number of benzene rings is 3. The first-order valence-electron chi connectivity index (χ1n) is 11.1. The highest BCUT2D eigenvalue weighted by Gasteiger charge is 2.28. The minimum absolute atomic E-state index is 0.0320. The van der Waals surface area contributed by atoms with Crippen LogP contribution in [-0.2, 0) is 6.54 Å². The van der Waals surface area contributed by atoms with Gasteiger partial charge in [0, 0.05) is 30.9 Å². The molecule has 38 heavy (non-hydrogen) atoms. The van der Waals surface area contributed by atoms with Crippen molar-refractivity contribution in [3.63, 3.8) is 0 Å². The van der Waals surface area contributed by atoms with Crippen molar-refractivity contribution in [2.24, 2.45) is 10.2 Å². The van der Waals surface area contributed by atoms with Crippen molar-refractivity contribution < 1.29 is 26.9 Å². The topological polar surface area (TPSA) is 102 Å². The molecule has 0 amide bonds. The lowest BCUT2D eigenvalue weighted by molar-refractivity contribution is -0.384. The Hall–Kier alpha value is -4.75. The third kappa shape index (κ3) is 5.33. The van der Waals surface area contributed by atoms with Gasteiger partial charge in [0.15, 0.2) is 23.3 Å². The van der Waals surface area contributed by atoms with Gasteiger partial charge in [-0.1, -0.05) is 5.21 Å². The Morgan fingerprint density at radius 1 is 0.868 bits per heavy atom. The summed E-state index contributed by atoms with van der Waals surface area (Å²) in [7, 11) is 0. The van der Waals surface area contributed by atoms with Gasteiger partial charge in [0.1, 0.15) is 0 Å². The normalized spacial score (nSPS) is 11.3. The average molecular weight is 531 g/mol. The zero-order valence-corrected chi connectivity index (χ0v) is 19.7. The second kappa shape index (κ2) is 11.1. The molecule has 4 rings (SSSR count). The number of hydrogen-bond donors (Lipinski definition) is 0. The van der Waals surface area contributed by atoms with Crippen molar-refractivity contribution in [2.75, 3.05) is 18.0 Å². The van der Waals surface area contributed by atoms with Gasteiger partial charge in [-0.05, 0) is 43.3 Å². The molecule has 9 nitrogen and oxygen atoms in total. The number of anilines is 1. The Balaban J connectivity index is 1.47. The van der Waals surface area contributed by atoms with Gasteiger partial charge in [-0.15, -0.1) is 5.10 Å². The number of nitro groups is 1. The molecule has 1 aromatic heterocycles. The molecule has 0 aliphatic carbocycles. The van der Waals surface area contributed by atoms with Crippen LogP contribution in [0.25, 0.3) is 11.3 Å². The molecule has 0 N–H and O–H groups in total. The average Bonchev–Trinajstić information content (AvgIpc) is 3.39. The van der Waals surface area contributed by atoms with Gasteiger partial charge < -0.3 is 4.90 Å². The van der Waals surface area contributed by atoms with Gasteiger partial charge in [-0.25, -0.2) is 26.6 Å². The lowest BCUT2D eigenvalue weighted by atomic mass is 10.1. The first-order valence-corrected chi connectivity index (χ1v) is 11.1. The van der Waals surface area contributed by atoms with Crippen LogP contribution in [0.1, 0.15) is 6.92 Å². The molecule has 0 saturated heterocycles. The zero-order valence-electron chi connectivity index (χ0n) is 19.7. The highest BCUT2D eigenvalue weighted by atomic mass is 19.2. The minimum Gasteiger partial charge on any atom is -0.370 e. The van der Waals surface area contributed by atoms with Crippen LogP contribution in [0.5, 0.6) is 0 Å². The van der Waals surface area contributed by atoms with Crippen LogP contribution < -0.4 is 4.90 Å². The molecule has 0 unspecified atom stereocenters. The maximum atomic E-state index is 14.3. The van der Waals surface area contributed by atoms with E-state index in [0.29, 0.717) is 17.9 Å². The number of non-ortho nitro benzene ring substituents is 1. The molecule has 0 atom stereocenters. The summed E-state index contributed by atoms with van der Waals surface area (Å²) in [6.07, 6.45) is 0.930. The van der Waals surface area contributed by atoms with Gasteiger partial charge in [0.05, 0.1) is 40.3 Å². The molecule has 0 aliphatic rings. The predicted molar refractivity (Wildman–Crippen MR) is 127 cm³/mol. The van der Waals surface area contributed by atoms with E-state index >= 15 is 0 Å². The van der Waals surface area contributed by atoms with Gasteiger partial charge in [-0.2, -0.15) is 10.2 Å². The number of nitrogens with zero attached hydrogens (tertiary/aromatic N) is 7. The van der Waals surface area contributed by atoms with Crippen molar-refractivity contribution in [3.05, 3.63) is 93.9 Å². The number of aromatic nitrogens is 3. The fourth-order valence-corrected chi connectivity index (χ4v) is 3.62. The number of nitro benzene ring substituents is 1. The van der Waals surface area contributed by atoms with E-state index in [1.54, 1.807) is 24.3 Å². The second-order valence-electron chi connectivity index (χ2n) is 7.86. The summed E-state index contributed by atoms with van der Waals surface area (Å²) in [5, 5.41) is 26.2. The van der Waals surface area contributed by atoms with Crippen LogP contribution >= 0.6 is 0 Å². The summed E-state index contributed by atoms with van der Waals surface area (Å²) in [5.41, 5.74) is 0.214. The van der Waals surface area contributed by atoms with Crippen LogP contribution in [0.2, 0.25) is 0 Å². The molecule has 0 fully saturated rings. The molecule has 4 aromatic rings. The van der Waals surface area contributed by atoms with Gasteiger partial charge in [0.25, 0.3) is 5.69 Å². The fraction of sp³-hybridized carbons (Fsp3) is 0.167. The highest BCUT2D eigenvalue weighted by molar-refractivity contribution is 5.61. The van der Waals surface area contributed by atoms with E-state index in [1.165, 1.54) is 24.3 Å². The maximum Gasteiger partial charge on any atom is 0.269 e. The highest BCUT2D eigenvalue weighted by Crippen LogP contribution is 2.31. The Morgan fingerprint density at radius 2 is 1.39 bits per heavy atom. The minimum atomic E-state index is -2.24. The molecule has 0 spiro atoms. The number of rotatable bonds is 9. The Labute approximate surface area is 212 Å². The molecular formula is C24H18F5N7O2. The summed E-state index contributed by atoms with van der Waals surface area (Å²) < 4.78 is 70.4. The molecule has 196 valence electrons. The number of hydrogen-bond acceptors (Lipinski definition) is 7. The lowest BCUT2D eigenvalue weighted by Crippen LogP contribution is -2.27. The molecule has 0 bridgehead atoms. The first kappa shape index (κ1) is 26.3. The molecule has 0 radical (unpaired) electrons. The van der Waals surface area contributed by atoms with Crippen molar-refractivity contribution in [1.29, 1.82) is 0 Å². The van der Waals surface area contributed by atoms with Gasteiger partial charge in [0.2, 0.25) is 5.82 Å². The second-order valence-corrected chi connectivity index (χ2v) is 7.86. The summed E-state index contributed by atoms with van der Waals surface area (Å²) in [6, 6.07) is 12.5. The van der Waals surface area contributed by atoms with Crippen LogP contribution in [0.4, 0.5) is 44.7 Å². The SMILES string of the molecule is CCN(CCn1nncc1-c1c(F)c(F)c(F)c(F)c1F)c1ccc(/N=N/c2ccc([N+](=O)[O-])cc2)cc1. The van der Waals surface area contributed by atoms with E-state index < -0.39 is 39.6 Å². The largest absolute Gasteiger partial charge is 0.370 e. The van der Waals surface area contributed by atoms with Crippen LogP contribution in [0, 0.1) is 39.2 Å². The standard InChI is InChI=1S/C24H18F5N7O2/c1-2-34(16-7-3-14(4-8-16)31-32-15-5-9-17(10-6-15)36(37)38)11-12-35-18(13-30-33-35)19-20(25)22(27)24(29)23(28)21(19)26/h3-10,13H,2,11-12H2,1H3/b32-31+. The monoisotopic (exact) mass is 531 g/mol. The van der Waals surface area contributed by atoms with Crippen LogP contribution in [-0.4, -0.2) is 33.0 Å². The third-order valence-corrected chi connectivity index (χ3v) is 5.60. The number of likely N-dealkylation sites (N-methyl/N-ethyl adjacent to an activating group) is 1. The van der Waals surface area contributed by atoms with E-state index in [2.05, 4.69) is 20.5 Å². The summed E-state index contributed by atoms with van der Waals surface area (Å²) in [4.78, 5) is 12.1. The summed E-state index contributed by atoms with van der Waals surface area (Å²) >= 11 is 0. The van der Waals surface area contributed by atoms with Crippen molar-refractivity contribution >= 4 is 22.7 Å². The van der Waals surface area contributed by atoms with E-state index in [1.807, 2.05) is 11.8 Å². The summed E-state index contributed by atoms with van der Waals surface area (Å²) in [5.74, 6) is -10.3. The Bertz CT molecular complexity index is 1460. The summed E-state index contributed by atoms with van der Waals surface area (Å²) in [6.45, 7) is 2.70. The van der Waals surface area contributed by atoms with E-state index in [0.717, 1.165) is 16.6 Å². The van der Waals surface area contributed by atoms with Crippen LogP contribution in [0.3, 0.4) is 0 Å². The first-order chi connectivity index (χ1) is 18.2. The van der Waals surface area contributed by atoms with E-state index in [-0.39, 0.29) is 24.5 Å². The fourth-order valence-electron chi connectivity index (χ4n) is 3.62. The Morgan fingerprint density at radius 3 is 1.92 bits per heavy atom. The van der Waals surface area contributed by atoms with Gasteiger partial charge in [-0.3, -0.25) is 10.1 Å². The van der Waals surface area contributed by atoms with E-state index in [4.69, 9.17) is 0 Å². The number of azo groups is 1. The number of halogens is 5. The molecule has 14 heteroatoms. The van der Waals surface area contributed by atoms with Gasteiger partial charge >= 0.3 is 0 Å². The third-order valence-electron chi connectivity index (χ3n) is 5.60. The quantitative estimate of drug-likeness (QED) is 0.0614. The lowest BCUT2D eigenvalue weighted by Gasteiger charge is -2.23. The Kier molecular flexibility index (Phi) is 7.69. The maximum absolute atomic E-state index is 14.3. The smallest absolute Gasteiger partial charge is 0.269 e. The van der Waals surface area contributed by atoms with Crippen molar-refractivity contribution in [2.45, 2.75) is 13.5 Å². The zero-order chi connectivity index (χ0) is 27.4. The van der Waals surface area contributed by atoms with E-state index in [9.17, 15) is 32.1 Å². The van der Waals surface area contributed by atoms with Crippen molar-refractivity contribution in [3.8, 4) is 11.3 Å². The van der Waals surface area contributed by atoms with Crippen LogP contribution in [0.15, 0.2) is 65.0 Å².